The van der Waals surface area contributed by atoms with E-state index in [1.54, 1.807) is 34.9 Å². The highest BCUT2D eigenvalue weighted by atomic mass is 16.2. The molecular weight excluding hydrogens is 330 g/mol. The number of likely N-dealkylation sites (tertiary alicyclic amines) is 1. The van der Waals surface area contributed by atoms with Crippen LogP contribution in [0.5, 0.6) is 0 Å². The van der Waals surface area contributed by atoms with Crippen LogP contribution in [0, 0.1) is 18.3 Å². The van der Waals surface area contributed by atoms with Crippen LogP contribution in [0.4, 0.5) is 5.95 Å². The molecule has 1 unspecified atom stereocenters. The first-order valence-corrected chi connectivity index (χ1v) is 8.48. The number of rotatable bonds is 3. The Hall–Kier alpha value is -3.14. The second-order valence-corrected chi connectivity index (χ2v) is 6.71. The largest absolute Gasteiger partial charge is 0.348 e. The van der Waals surface area contributed by atoms with E-state index in [1.807, 2.05) is 14.1 Å². The fourth-order valence-electron chi connectivity index (χ4n) is 3.23. The van der Waals surface area contributed by atoms with Crippen LogP contribution < -0.4 is 10.5 Å². The van der Waals surface area contributed by atoms with E-state index in [-0.39, 0.29) is 17.4 Å². The van der Waals surface area contributed by atoms with Gasteiger partial charge in [-0.3, -0.25) is 14.6 Å². The highest BCUT2D eigenvalue weighted by molar-refractivity contribution is 5.96. The normalized spacial score (nSPS) is 16.4. The summed E-state index contributed by atoms with van der Waals surface area (Å²) in [5, 5.41) is 9.16. The molecule has 0 radical (unpaired) electrons. The van der Waals surface area contributed by atoms with Gasteiger partial charge in [-0.2, -0.15) is 5.26 Å². The highest BCUT2D eigenvalue weighted by Crippen LogP contribution is 2.27. The SMILES string of the molecule is Cc1c(C#N)cccc1C(=O)N1CCC(c2cc(=O)[nH]c(N(C)C)n2)C1. The Balaban J connectivity index is 1.82. The Morgan fingerprint density at radius 3 is 2.88 bits per heavy atom. The number of aromatic nitrogens is 2. The second-order valence-electron chi connectivity index (χ2n) is 6.71. The van der Waals surface area contributed by atoms with Crippen molar-refractivity contribution in [3.8, 4) is 6.07 Å². The zero-order chi connectivity index (χ0) is 18.8. The summed E-state index contributed by atoms with van der Waals surface area (Å²) < 4.78 is 0. The molecule has 26 heavy (non-hydrogen) atoms. The molecule has 3 rings (SSSR count). The molecule has 7 heteroatoms. The Morgan fingerprint density at radius 2 is 2.19 bits per heavy atom. The maximum atomic E-state index is 12.9. The van der Waals surface area contributed by atoms with Crippen molar-refractivity contribution in [2.75, 3.05) is 32.1 Å². The van der Waals surface area contributed by atoms with Crippen LogP contribution in [0.15, 0.2) is 29.1 Å². The van der Waals surface area contributed by atoms with E-state index in [2.05, 4.69) is 16.0 Å². The second kappa shape index (κ2) is 7.00. The molecule has 1 aliphatic heterocycles. The molecule has 0 saturated carbocycles. The van der Waals surface area contributed by atoms with Crippen molar-refractivity contribution < 1.29 is 4.79 Å². The molecular formula is C19H21N5O2. The first-order chi connectivity index (χ1) is 12.4. The number of hydrogen-bond donors (Lipinski definition) is 1. The van der Waals surface area contributed by atoms with Crippen molar-refractivity contribution >= 4 is 11.9 Å². The number of aromatic amines is 1. The molecule has 7 nitrogen and oxygen atoms in total. The van der Waals surface area contributed by atoms with Crippen molar-refractivity contribution in [3.05, 3.63) is 57.0 Å². The summed E-state index contributed by atoms with van der Waals surface area (Å²) in [7, 11) is 3.63. The van der Waals surface area contributed by atoms with E-state index in [0.29, 0.717) is 41.4 Å². The number of benzene rings is 1. The number of H-pyrrole nitrogens is 1. The van der Waals surface area contributed by atoms with Crippen LogP contribution in [-0.4, -0.2) is 48.0 Å². The molecule has 2 heterocycles. The van der Waals surface area contributed by atoms with Crippen molar-refractivity contribution in [2.45, 2.75) is 19.3 Å². The minimum absolute atomic E-state index is 0.0272. The third-order valence-corrected chi connectivity index (χ3v) is 4.75. The number of carbonyl (C=O) groups excluding carboxylic acids is 1. The number of nitriles is 1. The van der Waals surface area contributed by atoms with E-state index in [4.69, 9.17) is 5.26 Å². The molecule has 1 N–H and O–H groups in total. The van der Waals surface area contributed by atoms with Crippen LogP contribution in [0.25, 0.3) is 0 Å². The lowest BCUT2D eigenvalue weighted by atomic mass is 10.0. The van der Waals surface area contributed by atoms with Crippen LogP contribution in [0.3, 0.4) is 0 Å². The van der Waals surface area contributed by atoms with E-state index in [0.717, 1.165) is 6.42 Å². The van der Waals surface area contributed by atoms with E-state index >= 15 is 0 Å². The molecule has 1 aromatic carbocycles. The Labute approximate surface area is 151 Å². The highest BCUT2D eigenvalue weighted by Gasteiger charge is 2.30. The van der Waals surface area contributed by atoms with Gasteiger partial charge < -0.3 is 9.80 Å². The van der Waals surface area contributed by atoms with Gasteiger partial charge in [0.25, 0.3) is 11.5 Å². The summed E-state index contributed by atoms with van der Waals surface area (Å²) in [6.07, 6.45) is 0.756. The fourth-order valence-corrected chi connectivity index (χ4v) is 3.23. The minimum atomic E-state index is -0.193. The van der Waals surface area contributed by atoms with Gasteiger partial charge in [0.05, 0.1) is 17.3 Å². The standard InChI is InChI=1S/C19H21N5O2/c1-12-13(10-20)5-4-6-15(12)18(26)24-8-7-14(11-24)16-9-17(25)22-19(21-16)23(2)3/h4-6,9,14H,7-8,11H2,1-3H3,(H,21,22,25). The van der Waals surface area contributed by atoms with Gasteiger partial charge in [0, 0.05) is 44.7 Å². The van der Waals surface area contributed by atoms with E-state index < -0.39 is 0 Å². The molecule has 1 aliphatic rings. The summed E-state index contributed by atoms with van der Waals surface area (Å²) in [6, 6.07) is 8.81. The van der Waals surface area contributed by atoms with Gasteiger partial charge in [-0.1, -0.05) is 6.07 Å². The molecule has 134 valence electrons. The molecule has 1 amide bonds. The predicted octanol–water partition coefficient (Wildman–Crippen LogP) is 1.65. The van der Waals surface area contributed by atoms with Crippen molar-refractivity contribution in [3.63, 3.8) is 0 Å². The molecule has 1 aromatic heterocycles. The summed E-state index contributed by atoms with van der Waals surface area (Å²) in [4.78, 5) is 35.5. The van der Waals surface area contributed by atoms with Crippen LogP contribution in [0.1, 0.15) is 39.5 Å². The van der Waals surface area contributed by atoms with Crippen molar-refractivity contribution in [1.29, 1.82) is 5.26 Å². The van der Waals surface area contributed by atoms with E-state index in [1.165, 1.54) is 6.07 Å². The number of amides is 1. The quantitative estimate of drug-likeness (QED) is 0.907. The maximum Gasteiger partial charge on any atom is 0.254 e. The summed E-state index contributed by atoms with van der Waals surface area (Å²) >= 11 is 0. The topological polar surface area (TPSA) is 93.1 Å². The number of carbonyl (C=O) groups is 1. The number of anilines is 1. The van der Waals surface area contributed by atoms with Gasteiger partial charge in [0.15, 0.2) is 0 Å². The molecule has 0 spiro atoms. The van der Waals surface area contributed by atoms with Crippen LogP contribution >= 0.6 is 0 Å². The van der Waals surface area contributed by atoms with Gasteiger partial charge in [-0.25, -0.2) is 4.98 Å². The molecule has 1 atom stereocenters. The first-order valence-electron chi connectivity index (χ1n) is 8.48. The van der Waals surface area contributed by atoms with Gasteiger partial charge in [-0.15, -0.1) is 0 Å². The Kier molecular flexibility index (Phi) is 4.76. The number of nitrogens with one attached hydrogen (secondary N) is 1. The van der Waals surface area contributed by atoms with Crippen LogP contribution in [0.2, 0.25) is 0 Å². The number of nitrogens with zero attached hydrogens (tertiary/aromatic N) is 4. The minimum Gasteiger partial charge on any atom is -0.348 e. The van der Waals surface area contributed by atoms with Gasteiger partial charge in [0.2, 0.25) is 5.95 Å². The zero-order valence-corrected chi connectivity index (χ0v) is 15.1. The fraction of sp³-hybridized carbons (Fsp3) is 0.368. The van der Waals surface area contributed by atoms with Crippen molar-refractivity contribution in [2.24, 2.45) is 0 Å². The lowest BCUT2D eigenvalue weighted by molar-refractivity contribution is 0.0790. The van der Waals surface area contributed by atoms with Crippen LogP contribution in [-0.2, 0) is 0 Å². The Morgan fingerprint density at radius 1 is 1.42 bits per heavy atom. The summed E-state index contributed by atoms with van der Waals surface area (Å²) in [5.41, 5.74) is 2.28. The monoisotopic (exact) mass is 351 g/mol. The average molecular weight is 351 g/mol. The van der Waals surface area contributed by atoms with Crippen molar-refractivity contribution in [1.82, 2.24) is 14.9 Å². The van der Waals surface area contributed by atoms with Gasteiger partial charge in [-0.05, 0) is 31.0 Å². The number of hydrogen-bond acceptors (Lipinski definition) is 5. The average Bonchev–Trinajstić information content (AvgIpc) is 3.11. The molecule has 0 aliphatic carbocycles. The third kappa shape index (κ3) is 3.31. The maximum absolute atomic E-state index is 12.9. The lowest BCUT2D eigenvalue weighted by Gasteiger charge is -2.18. The van der Waals surface area contributed by atoms with Gasteiger partial charge in [0.1, 0.15) is 0 Å². The predicted molar refractivity (Wildman–Crippen MR) is 98.3 cm³/mol. The summed E-state index contributed by atoms with van der Waals surface area (Å²) in [5.74, 6) is 0.453. The molecule has 1 saturated heterocycles. The van der Waals surface area contributed by atoms with Gasteiger partial charge >= 0.3 is 0 Å². The molecule has 0 bridgehead atoms. The van der Waals surface area contributed by atoms with E-state index in [9.17, 15) is 9.59 Å². The Bertz CT molecular complexity index is 942. The summed E-state index contributed by atoms with van der Waals surface area (Å²) in [6.45, 7) is 2.91. The third-order valence-electron chi connectivity index (χ3n) is 4.75. The smallest absolute Gasteiger partial charge is 0.254 e. The molecule has 1 fully saturated rings. The lowest BCUT2D eigenvalue weighted by Crippen LogP contribution is -2.29. The molecule has 2 aromatic rings. The zero-order valence-electron chi connectivity index (χ0n) is 15.1. The first kappa shape index (κ1) is 17.7.